The van der Waals surface area contributed by atoms with E-state index < -0.39 is 0 Å². The molecule has 0 bridgehead atoms. The van der Waals surface area contributed by atoms with E-state index in [1.807, 2.05) is 0 Å². The van der Waals surface area contributed by atoms with Gasteiger partial charge in [-0.25, -0.2) is 0 Å². The lowest BCUT2D eigenvalue weighted by Gasteiger charge is -2.37. The number of nitrogens with zero attached hydrogens (tertiary/aromatic N) is 1. The molecule has 1 aromatic rings. The Kier molecular flexibility index (Phi) is 5.45. The van der Waals surface area contributed by atoms with Crippen molar-refractivity contribution in [2.75, 3.05) is 20.1 Å². The number of benzene rings is 1. The van der Waals surface area contributed by atoms with Crippen LogP contribution in [0.4, 0.5) is 0 Å². The largest absolute Gasteiger partial charge is 0.309 e. The Morgan fingerprint density at radius 3 is 2.76 bits per heavy atom. The van der Waals surface area contributed by atoms with Crippen molar-refractivity contribution < 1.29 is 0 Å². The maximum Gasteiger partial charge on any atom is 0.0324 e. The van der Waals surface area contributed by atoms with Gasteiger partial charge in [-0.3, -0.25) is 0 Å². The Labute approximate surface area is 130 Å². The molecule has 2 nitrogen and oxygen atoms in total. The number of hydrogen-bond donors (Lipinski definition) is 1. The fourth-order valence-electron chi connectivity index (χ4n) is 3.37. The minimum atomic E-state index is 0.322. The van der Waals surface area contributed by atoms with Crippen molar-refractivity contribution in [1.29, 1.82) is 0 Å². The van der Waals surface area contributed by atoms with Crippen molar-refractivity contribution in [3.63, 3.8) is 0 Å². The van der Waals surface area contributed by atoms with Gasteiger partial charge in [-0.15, -0.1) is 0 Å². The number of nitrogens with one attached hydrogen (secondary N) is 1. The van der Waals surface area contributed by atoms with E-state index >= 15 is 0 Å². The van der Waals surface area contributed by atoms with Crippen LogP contribution < -0.4 is 5.32 Å². The summed E-state index contributed by atoms with van der Waals surface area (Å²) >= 11 is 0. The Morgan fingerprint density at radius 1 is 1.33 bits per heavy atom. The molecule has 0 saturated heterocycles. The van der Waals surface area contributed by atoms with Gasteiger partial charge in [0.1, 0.15) is 0 Å². The Bertz CT molecular complexity index is 453. The summed E-state index contributed by atoms with van der Waals surface area (Å²) < 4.78 is 0. The Balaban J connectivity index is 1.96. The van der Waals surface area contributed by atoms with Gasteiger partial charge in [-0.1, -0.05) is 45.0 Å². The minimum absolute atomic E-state index is 0.322. The third kappa shape index (κ3) is 3.87. The van der Waals surface area contributed by atoms with Crippen molar-refractivity contribution in [2.45, 2.75) is 64.5 Å². The van der Waals surface area contributed by atoms with Crippen molar-refractivity contribution >= 4 is 0 Å². The van der Waals surface area contributed by atoms with Gasteiger partial charge < -0.3 is 10.2 Å². The Morgan fingerprint density at radius 2 is 2.05 bits per heavy atom. The molecule has 2 atom stereocenters. The molecule has 0 amide bonds. The van der Waals surface area contributed by atoms with Gasteiger partial charge in [0, 0.05) is 25.2 Å². The molecule has 0 spiro atoms. The maximum atomic E-state index is 3.78. The van der Waals surface area contributed by atoms with Crippen molar-refractivity contribution in [2.24, 2.45) is 0 Å². The maximum absolute atomic E-state index is 3.78. The highest BCUT2D eigenvalue weighted by Crippen LogP contribution is 2.41. The second kappa shape index (κ2) is 6.93. The van der Waals surface area contributed by atoms with Crippen LogP contribution >= 0.6 is 0 Å². The summed E-state index contributed by atoms with van der Waals surface area (Å²) in [6, 6.07) is 10.2. The monoisotopic (exact) mass is 288 g/mol. The molecule has 118 valence electrons. The van der Waals surface area contributed by atoms with Gasteiger partial charge in [0.15, 0.2) is 0 Å². The van der Waals surface area contributed by atoms with Gasteiger partial charge in [0.25, 0.3) is 0 Å². The fraction of sp³-hybridized carbons (Fsp3) is 0.684. The summed E-state index contributed by atoms with van der Waals surface area (Å²) in [7, 11) is 2.23. The minimum Gasteiger partial charge on any atom is -0.309 e. The second-order valence-electron chi connectivity index (χ2n) is 7.25. The van der Waals surface area contributed by atoms with Gasteiger partial charge in [-0.05, 0) is 49.8 Å². The molecule has 2 unspecified atom stereocenters. The summed E-state index contributed by atoms with van der Waals surface area (Å²) in [6.45, 7) is 11.5. The average Bonchev–Trinajstić information content (AvgIpc) is 2.49. The zero-order chi connectivity index (χ0) is 15.5. The molecule has 21 heavy (non-hydrogen) atoms. The molecule has 0 fully saturated rings. The number of rotatable bonds is 6. The summed E-state index contributed by atoms with van der Waals surface area (Å²) in [5.74, 6) is 0. The van der Waals surface area contributed by atoms with Crippen LogP contribution in [0.3, 0.4) is 0 Å². The molecule has 1 aliphatic carbocycles. The van der Waals surface area contributed by atoms with E-state index in [1.54, 1.807) is 0 Å². The quantitative estimate of drug-likeness (QED) is 0.847. The smallest absolute Gasteiger partial charge is 0.0324 e. The third-order valence-electron chi connectivity index (χ3n) is 5.32. The predicted molar refractivity (Wildman–Crippen MR) is 91.8 cm³/mol. The lowest BCUT2D eigenvalue weighted by molar-refractivity contribution is 0.244. The van der Waals surface area contributed by atoms with Crippen LogP contribution in [0.25, 0.3) is 0 Å². The number of fused-ring (bicyclic) bond motifs is 1. The zero-order valence-corrected chi connectivity index (χ0v) is 14.4. The van der Waals surface area contributed by atoms with Gasteiger partial charge in [0.05, 0.1) is 0 Å². The van der Waals surface area contributed by atoms with Crippen LogP contribution in [0.15, 0.2) is 24.3 Å². The normalized spacial score (nSPS) is 22.1. The molecule has 0 heterocycles. The first-order valence-electron chi connectivity index (χ1n) is 8.48. The molecule has 0 aromatic heterocycles. The lowest BCUT2D eigenvalue weighted by atomic mass is 9.71. The molecule has 1 aliphatic rings. The molecule has 0 saturated carbocycles. The molecule has 2 heteroatoms. The molecule has 1 aromatic carbocycles. The van der Waals surface area contributed by atoms with Crippen molar-refractivity contribution in [1.82, 2.24) is 10.2 Å². The van der Waals surface area contributed by atoms with Crippen LogP contribution in [0.2, 0.25) is 0 Å². The van der Waals surface area contributed by atoms with E-state index in [4.69, 9.17) is 0 Å². The summed E-state index contributed by atoms with van der Waals surface area (Å²) in [5, 5.41) is 3.78. The Hall–Kier alpha value is -0.860. The topological polar surface area (TPSA) is 15.3 Å². The molecule has 0 radical (unpaired) electrons. The molecular weight excluding hydrogens is 256 g/mol. The van der Waals surface area contributed by atoms with E-state index in [0.717, 1.165) is 13.1 Å². The molecular formula is C19H32N2. The summed E-state index contributed by atoms with van der Waals surface area (Å²) in [4.78, 5) is 2.45. The summed E-state index contributed by atoms with van der Waals surface area (Å²) in [5.41, 5.74) is 3.37. The van der Waals surface area contributed by atoms with E-state index in [0.29, 0.717) is 17.5 Å². The van der Waals surface area contributed by atoms with Crippen LogP contribution in [0.1, 0.15) is 64.1 Å². The van der Waals surface area contributed by atoms with Crippen LogP contribution in [-0.2, 0) is 5.41 Å². The highest BCUT2D eigenvalue weighted by Gasteiger charge is 2.31. The second-order valence-corrected chi connectivity index (χ2v) is 7.25. The number of likely N-dealkylation sites (N-methyl/N-ethyl adjacent to an activating group) is 1. The SMILES string of the molecule is CCC(C)N(C)CCNC1CCC(C)(C)c2ccccc21. The zero-order valence-electron chi connectivity index (χ0n) is 14.4. The van der Waals surface area contributed by atoms with Crippen molar-refractivity contribution in [3.8, 4) is 0 Å². The number of hydrogen-bond acceptors (Lipinski definition) is 2. The standard InChI is InChI=1S/C19H32N2/c1-6-15(2)21(5)14-13-20-18-11-12-19(3,4)17-10-8-7-9-16(17)18/h7-10,15,18,20H,6,11-14H2,1-5H3. The predicted octanol–water partition coefficient (Wildman–Crippen LogP) is 4.12. The summed E-state index contributed by atoms with van der Waals surface area (Å²) in [6.07, 6.45) is 3.73. The van der Waals surface area contributed by atoms with Gasteiger partial charge >= 0.3 is 0 Å². The van der Waals surface area contributed by atoms with Crippen LogP contribution in [-0.4, -0.2) is 31.1 Å². The highest BCUT2D eigenvalue weighted by atomic mass is 15.1. The lowest BCUT2D eigenvalue weighted by Crippen LogP contribution is -2.38. The first-order chi connectivity index (χ1) is 9.95. The first kappa shape index (κ1) is 16.5. The van der Waals surface area contributed by atoms with E-state index in [9.17, 15) is 0 Å². The molecule has 1 N–H and O–H groups in total. The third-order valence-corrected chi connectivity index (χ3v) is 5.32. The highest BCUT2D eigenvalue weighted by molar-refractivity contribution is 5.38. The fourth-order valence-corrected chi connectivity index (χ4v) is 3.37. The van der Waals surface area contributed by atoms with E-state index in [-0.39, 0.29) is 0 Å². The first-order valence-corrected chi connectivity index (χ1v) is 8.48. The van der Waals surface area contributed by atoms with Crippen molar-refractivity contribution in [3.05, 3.63) is 35.4 Å². The van der Waals surface area contributed by atoms with E-state index in [2.05, 4.69) is 69.2 Å². The van der Waals surface area contributed by atoms with Gasteiger partial charge in [0.2, 0.25) is 0 Å². The van der Waals surface area contributed by atoms with Crippen LogP contribution in [0.5, 0.6) is 0 Å². The van der Waals surface area contributed by atoms with Gasteiger partial charge in [-0.2, -0.15) is 0 Å². The molecule has 2 rings (SSSR count). The molecule has 0 aliphatic heterocycles. The van der Waals surface area contributed by atoms with E-state index in [1.165, 1.54) is 30.4 Å². The van der Waals surface area contributed by atoms with Crippen LogP contribution in [0, 0.1) is 0 Å². The average molecular weight is 288 g/mol.